The maximum absolute atomic E-state index is 13.9. The van der Waals surface area contributed by atoms with Crippen LogP contribution in [0.1, 0.15) is 53.5 Å². The van der Waals surface area contributed by atoms with Gasteiger partial charge in [-0.3, -0.25) is 9.59 Å². The molecule has 182 valence electrons. The average Bonchev–Trinajstić information content (AvgIpc) is 3.35. The number of hydrogen-bond acceptors (Lipinski definition) is 2. The van der Waals surface area contributed by atoms with Gasteiger partial charge in [0.05, 0.1) is 6.42 Å². The SMILES string of the molecule is Cc1cc(C)cc(CC(=O)N(Cc2ccccc2)C(Cc2ccccc2)C(=O)NC2CCCC2)c1. The van der Waals surface area contributed by atoms with Crippen molar-refractivity contribution in [3.63, 3.8) is 0 Å². The Balaban J connectivity index is 1.65. The first-order valence-corrected chi connectivity index (χ1v) is 12.7. The summed E-state index contributed by atoms with van der Waals surface area (Å²) in [5, 5.41) is 3.27. The number of amides is 2. The van der Waals surface area contributed by atoms with Gasteiger partial charge in [-0.25, -0.2) is 0 Å². The minimum absolute atomic E-state index is 0.0265. The van der Waals surface area contributed by atoms with Crippen molar-refractivity contribution in [2.24, 2.45) is 0 Å². The Kier molecular flexibility index (Phi) is 8.36. The molecule has 4 nitrogen and oxygen atoms in total. The van der Waals surface area contributed by atoms with E-state index in [2.05, 4.69) is 37.4 Å². The average molecular weight is 469 g/mol. The van der Waals surface area contributed by atoms with E-state index in [0.29, 0.717) is 13.0 Å². The van der Waals surface area contributed by atoms with Crippen molar-refractivity contribution in [3.8, 4) is 0 Å². The fraction of sp³-hybridized carbons (Fsp3) is 0.355. The zero-order valence-electron chi connectivity index (χ0n) is 20.9. The number of benzene rings is 3. The molecule has 1 unspecified atom stereocenters. The predicted molar refractivity (Wildman–Crippen MR) is 141 cm³/mol. The van der Waals surface area contributed by atoms with Crippen LogP contribution >= 0.6 is 0 Å². The van der Waals surface area contributed by atoms with Crippen molar-refractivity contribution in [2.45, 2.75) is 71.0 Å². The molecule has 3 aromatic rings. The van der Waals surface area contributed by atoms with Crippen LogP contribution in [-0.2, 0) is 29.0 Å². The molecule has 2 amide bonds. The highest BCUT2D eigenvalue weighted by atomic mass is 16.2. The summed E-state index contributed by atoms with van der Waals surface area (Å²) in [4.78, 5) is 29.4. The predicted octanol–water partition coefficient (Wildman–Crippen LogP) is 5.54. The molecule has 1 aliphatic rings. The standard InChI is InChI=1S/C31H36N2O2/c1-23-17-24(2)19-27(18-23)21-30(34)33(22-26-13-7-4-8-14-26)29(20-25-11-5-3-6-12-25)31(35)32-28-15-9-10-16-28/h3-8,11-14,17-19,28-29H,9-10,15-16,20-22H2,1-2H3,(H,32,35). The molecule has 1 N–H and O–H groups in total. The van der Waals surface area contributed by atoms with Gasteiger partial charge in [0, 0.05) is 19.0 Å². The van der Waals surface area contributed by atoms with Crippen molar-refractivity contribution < 1.29 is 9.59 Å². The topological polar surface area (TPSA) is 49.4 Å². The Morgan fingerprint density at radius 3 is 2.00 bits per heavy atom. The summed E-state index contributed by atoms with van der Waals surface area (Å²) >= 11 is 0. The summed E-state index contributed by atoms with van der Waals surface area (Å²) in [6.07, 6.45) is 5.08. The fourth-order valence-electron chi connectivity index (χ4n) is 5.15. The van der Waals surface area contributed by atoms with Gasteiger partial charge in [0.1, 0.15) is 6.04 Å². The number of hydrogen-bond donors (Lipinski definition) is 1. The molecule has 0 aliphatic heterocycles. The third-order valence-electron chi connectivity index (χ3n) is 6.81. The minimum atomic E-state index is -0.573. The van der Waals surface area contributed by atoms with Gasteiger partial charge in [0.25, 0.3) is 0 Å². The highest BCUT2D eigenvalue weighted by molar-refractivity contribution is 5.89. The van der Waals surface area contributed by atoms with Crippen molar-refractivity contribution >= 4 is 11.8 Å². The first kappa shape index (κ1) is 24.7. The van der Waals surface area contributed by atoms with Crippen LogP contribution in [0.3, 0.4) is 0 Å². The van der Waals surface area contributed by atoms with Crippen molar-refractivity contribution in [3.05, 3.63) is 107 Å². The smallest absolute Gasteiger partial charge is 0.243 e. The monoisotopic (exact) mass is 468 g/mol. The van der Waals surface area contributed by atoms with Crippen molar-refractivity contribution in [1.29, 1.82) is 0 Å². The second kappa shape index (κ2) is 11.8. The largest absolute Gasteiger partial charge is 0.352 e. The summed E-state index contributed by atoms with van der Waals surface area (Å²) < 4.78 is 0. The van der Waals surface area contributed by atoms with Gasteiger partial charge in [-0.2, -0.15) is 0 Å². The summed E-state index contributed by atoms with van der Waals surface area (Å²) in [5.74, 6) is -0.0770. The quantitative estimate of drug-likeness (QED) is 0.448. The van der Waals surface area contributed by atoms with E-state index < -0.39 is 6.04 Å². The lowest BCUT2D eigenvalue weighted by Crippen LogP contribution is -2.52. The molecule has 0 aromatic heterocycles. The normalized spacial score (nSPS) is 14.5. The summed E-state index contributed by atoms with van der Waals surface area (Å²) in [7, 11) is 0. The van der Waals surface area contributed by atoms with Gasteiger partial charge in [-0.1, -0.05) is 103 Å². The molecular formula is C31H36N2O2. The molecule has 4 rings (SSSR count). The van der Waals surface area contributed by atoms with Crippen molar-refractivity contribution in [2.75, 3.05) is 0 Å². The second-order valence-corrected chi connectivity index (χ2v) is 9.88. The Bertz CT molecular complexity index is 1100. The molecule has 0 bridgehead atoms. The Hall–Kier alpha value is -3.40. The lowest BCUT2D eigenvalue weighted by molar-refractivity contribution is -0.141. The highest BCUT2D eigenvalue weighted by Crippen LogP contribution is 2.21. The van der Waals surface area contributed by atoms with E-state index in [-0.39, 0.29) is 24.3 Å². The van der Waals surface area contributed by atoms with Crippen LogP contribution in [-0.4, -0.2) is 28.8 Å². The number of nitrogens with zero attached hydrogens (tertiary/aromatic N) is 1. The molecule has 0 radical (unpaired) electrons. The molecule has 0 heterocycles. The molecule has 3 aromatic carbocycles. The first-order chi connectivity index (χ1) is 17.0. The molecule has 1 saturated carbocycles. The molecule has 35 heavy (non-hydrogen) atoms. The maximum atomic E-state index is 13.9. The van der Waals surface area contributed by atoms with Gasteiger partial charge in [0.2, 0.25) is 11.8 Å². The molecule has 1 fully saturated rings. The van der Waals surface area contributed by atoms with Gasteiger partial charge < -0.3 is 10.2 Å². The number of rotatable bonds is 9. The molecule has 1 atom stereocenters. The van der Waals surface area contributed by atoms with E-state index in [1.54, 1.807) is 4.90 Å². The molecule has 0 saturated heterocycles. The third-order valence-corrected chi connectivity index (χ3v) is 6.81. The van der Waals surface area contributed by atoms with Crippen LogP contribution in [0.15, 0.2) is 78.9 Å². The second-order valence-electron chi connectivity index (χ2n) is 9.88. The molecule has 1 aliphatic carbocycles. The summed E-state index contributed by atoms with van der Waals surface area (Å²) in [5.41, 5.74) is 5.34. The Morgan fingerprint density at radius 1 is 0.829 bits per heavy atom. The fourth-order valence-corrected chi connectivity index (χ4v) is 5.15. The molecule has 0 spiro atoms. The van der Waals surface area contributed by atoms with E-state index in [1.807, 2.05) is 60.7 Å². The van der Waals surface area contributed by atoms with Gasteiger partial charge in [-0.15, -0.1) is 0 Å². The number of nitrogens with one attached hydrogen (secondary N) is 1. The van der Waals surface area contributed by atoms with Crippen molar-refractivity contribution in [1.82, 2.24) is 10.2 Å². The Labute approximate surface area is 209 Å². The lowest BCUT2D eigenvalue weighted by Gasteiger charge is -2.32. The van der Waals surface area contributed by atoms with E-state index in [0.717, 1.165) is 53.5 Å². The first-order valence-electron chi connectivity index (χ1n) is 12.7. The Morgan fingerprint density at radius 2 is 1.40 bits per heavy atom. The molecule has 4 heteroatoms. The van der Waals surface area contributed by atoms with E-state index in [1.165, 1.54) is 0 Å². The number of aryl methyl sites for hydroxylation is 2. The lowest BCUT2D eigenvalue weighted by atomic mass is 10.00. The van der Waals surface area contributed by atoms with Gasteiger partial charge in [0.15, 0.2) is 0 Å². The zero-order valence-corrected chi connectivity index (χ0v) is 20.9. The maximum Gasteiger partial charge on any atom is 0.243 e. The highest BCUT2D eigenvalue weighted by Gasteiger charge is 2.32. The zero-order chi connectivity index (χ0) is 24.6. The van der Waals surface area contributed by atoms with Crippen LogP contribution in [0.4, 0.5) is 0 Å². The summed E-state index contributed by atoms with van der Waals surface area (Å²) in [6, 6.07) is 25.9. The van der Waals surface area contributed by atoms with Crippen LogP contribution in [0.25, 0.3) is 0 Å². The van der Waals surface area contributed by atoms with Crippen LogP contribution in [0.2, 0.25) is 0 Å². The number of carbonyl (C=O) groups is 2. The third kappa shape index (κ3) is 7.05. The van der Waals surface area contributed by atoms with E-state index in [9.17, 15) is 9.59 Å². The van der Waals surface area contributed by atoms with E-state index >= 15 is 0 Å². The van der Waals surface area contributed by atoms with Gasteiger partial charge >= 0.3 is 0 Å². The van der Waals surface area contributed by atoms with Crippen LogP contribution in [0, 0.1) is 13.8 Å². The molecular weight excluding hydrogens is 432 g/mol. The summed E-state index contributed by atoms with van der Waals surface area (Å²) in [6.45, 7) is 4.51. The minimum Gasteiger partial charge on any atom is -0.352 e. The van der Waals surface area contributed by atoms with Crippen LogP contribution in [0.5, 0.6) is 0 Å². The van der Waals surface area contributed by atoms with Crippen LogP contribution < -0.4 is 5.32 Å². The number of carbonyl (C=O) groups excluding carboxylic acids is 2. The van der Waals surface area contributed by atoms with E-state index in [4.69, 9.17) is 0 Å². The van der Waals surface area contributed by atoms with Gasteiger partial charge in [-0.05, 0) is 43.4 Å².